The van der Waals surface area contributed by atoms with Crippen LogP contribution in [0.4, 0.5) is 0 Å². The third kappa shape index (κ3) is 4.03. The Morgan fingerprint density at radius 3 is 2.65 bits per heavy atom. The number of rotatable bonds is 7. The Balaban J connectivity index is 1.73. The van der Waals surface area contributed by atoms with Crippen LogP contribution >= 0.6 is 11.3 Å². The number of ether oxygens (including phenoxy) is 3. The van der Waals surface area contributed by atoms with Crippen molar-refractivity contribution in [2.24, 2.45) is 0 Å². The molecule has 3 aromatic rings. The van der Waals surface area contributed by atoms with Crippen molar-refractivity contribution in [1.29, 1.82) is 0 Å². The molecule has 6 heteroatoms. The van der Waals surface area contributed by atoms with Crippen LogP contribution in [0.5, 0.6) is 17.2 Å². The van der Waals surface area contributed by atoms with E-state index >= 15 is 0 Å². The summed E-state index contributed by atoms with van der Waals surface area (Å²) in [6.07, 6.45) is 0. The maximum Gasteiger partial charge on any atom is 0.161 e. The molecule has 0 aliphatic rings. The van der Waals surface area contributed by atoms with Crippen LogP contribution < -0.4 is 14.2 Å². The highest BCUT2D eigenvalue weighted by Crippen LogP contribution is 2.30. The average Bonchev–Trinajstić information content (AvgIpc) is 3.15. The first kappa shape index (κ1) is 17.9. The highest BCUT2D eigenvalue weighted by Gasteiger charge is 2.10. The van der Waals surface area contributed by atoms with E-state index in [0.717, 1.165) is 22.0 Å². The third-order valence-electron chi connectivity index (χ3n) is 3.81. The SMILES string of the molecule is COc1cccc(-c2nc(COc3ccc(C(C)=O)cc3OC)cs2)c1. The highest BCUT2D eigenvalue weighted by atomic mass is 32.1. The van der Waals surface area contributed by atoms with Crippen LogP contribution in [-0.4, -0.2) is 25.0 Å². The van der Waals surface area contributed by atoms with Crippen LogP contribution in [0, 0.1) is 0 Å². The lowest BCUT2D eigenvalue weighted by Gasteiger charge is -2.10. The van der Waals surface area contributed by atoms with Crippen molar-refractivity contribution >= 4 is 17.1 Å². The molecule has 0 amide bonds. The van der Waals surface area contributed by atoms with Gasteiger partial charge in [0.2, 0.25) is 0 Å². The molecule has 0 N–H and O–H groups in total. The van der Waals surface area contributed by atoms with Gasteiger partial charge in [-0.1, -0.05) is 12.1 Å². The summed E-state index contributed by atoms with van der Waals surface area (Å²) in [7, 11) is 3.20. The van der Waals surface area contributed by atoms with E-state index in [9.17, 15) is 4.79 Å². The van der Waals surface area contributed by atoms with Crippen LogP contribution in [0.25, 0.3) is 10.6 Å². The minimum Gasteiger partial charge on any atom is -0.497 e. The number of nitrogens with zero attached hydrogens (tertiary/aromatic N) is 1. The van der Waals surface area contributed by atoms with Gasteiger partial charge in [0.05, 0.1) is 19.9 Å². The molecule has 0 spiro atoms. The Hall–Kier alpha value is -2.86. The van der Waals surface area contributed by atoms with Gasteiger partial charge >= 0.3 is 0 Å². The zero-order chi connectivity index (χ0) is 18.5. The van der Waals surface area contributed by atoms with Crippen molar-refractivity contribution in [3.05, 3.63) is 59.1 Å². The van der Waals surface area contributed by atoms with Crippen LogP contribution in [-0.2, 0) is 6.61 Å². The fourth-order valence-electron chi connectivity index (χ4n) is 2.42. The van der Waals surface area contributed by atoms with Crippen LogP contribution in [0.2, 0.25) is 0 Å². The fourth-order valence-corrected chi connectivity index (χ4v) is 3.22. The van der Waals surface area contributed by atoms with E-state index in [1.807, 2.05) is 29.6 Å². The molecule has 0 aliphatic heterocycles. The number of methoxy groups -OCH3 is 2. The van der Waals surface area contributed by atoms with E-state index in [2.05, 4.69) is 4.98 Å². The van der Waals surface area contributed by atoms with Gasteiger partial charge in [-0.3, -0.25) is 4.79 Å². The van der Waals surface area contributed by atoms with Crippen molar-refractivity contribution in [2.45, 2.75) is 13.5 Å². The van der Waals surface area contributed by atoms with Crippen molar-refractivity contribution in [2.75, 3.05) is 14.2 Å². The first-order valence-corrected chi connectivity index (χ1v) is 8.89. The summed E-state index contributed by atoms with van der Waals surface area (Å²) < 4.78 is 16.4. The number of aromatic nitrogens is 1. The monoisotopic (exact) mass is 369 g/mol. The number of Topliss-reactive ketones (excluding diaryl/α,β-unsaturated/α-hetero) is 1. The van der Waals surface area contributed by atoms with Crippen molar-refractivity contribution in [3.8, 4) is 27.8 Å². The number of ketones is 1. The second-order valence-electron chi connectivity index (χ2n) is 5.59. The molecule has 1 aromatic heterocycles. The van der Waals surface area contributed by atoms with Crippen molar-refractivity contribution < 1.29 is 19.0 Å². The van der Waals surface area contributed by atoms with Gasteiger partial charge in [0, 0.05) is 16.5 Å². The maximum atomic E-state index is 11.5. The molecule has 0 aliphatic carbocycles. The first-order valence-electron chi connectivity index (χ1n) is 8.01. The van der Waals surface area contributed by atoms with Crippen LogP contribution in [0.3, 0.4) is 0 Å². The molecule has 1 heterocycles. The number of hydrogen-bond donors (Lipinski definition) is 0. The molecular weight excluding hydrogens is 350 g/mol. The van der Waals surface area contributed by atoms with Crippen molar-refractivity contribution in [3.63, 3.8) is 0 Å². The Bertz CT molecular complexity index is 920. The lowest BCUT2D eigenvalue weighted by Crippen LogP contribution is -2.00. The highest BCUT2D eigenvalue weighted by molar-refractivity contribution is 7.13. The normalized spacial score (nSPS) is 10.4. The molecule has 26 heavy (non-hydrogen) atoms. The summed E-state index contributed by atoms with van der Waals surface area (Å²) in [5.41, 5.74) is 2.41. The molecule has 0 saturated heterocycles. The summed E-state index contributed by atoms with van der Waals surface area (Å²) in [5, 5.41) is 2.87. The van der Waals surface area contributed by atoms with E-state index in [1.165, 1.54) is 6.92 Å². The molecule has 2 aromatic carbocycles. The zero-order valence-electron chi connectivity index (χ0n) is 14.8. The Kier molecular flexibility index (Phi) is 5.53. The number of carbonyl (C=O) groups is 1. The second-order valence-corrected chi connectivity index (χ2v) is 6.44. The molecule has 134 valence electrons. The van der Waals surface area contributed by atoms with Gasteiger partial charge in [-0.2, -0.15) is 0 Å². The second kappa shape index (κ2) is 8.01. The number of hydrogen-bond acceptors (Lipinski definition) is 6. The summed E-state index contributed by atoms with van der Waals surface area (Å²) in [6, 6.07) is 12.9. The van der Waals surface area contributed by atoms with Gasteiger partial charge in [-0.05, 0) is 37.3 Å². The molecule has 0 radical (unpaired) electrons. The minimum absolute atomic E-state index is 0.0164. The van der Waals surface area contributed by atoms with Crippen molar-refractivity contribution in [1.82, 2.24) is 4.98 Å². The van der Waals surface area contributed by atoms with E-state index in [1.54, 1.807) is 43.8 Å². The molecule has 0 saturated carbocycles. The zero-order valence-corrected chi connectivity index (χ0v) is 15.6. The lowest BCUT2D eigenvalue weighted by molar-refractivity contribution is 0.101. The van der Waals surface area contributed by atoms with Gasteiger partial charge in [-0.15, -0.1) is 11.3 Å². The molecular formula is C20H19NO4S. The summed E-state index contributed by atoms with van der Waals surface area (Å²) in [6.45, 7) is 1.83. The quantitative estimate of drug-likeness (QED) is 0.569. The smallest absolute Gasteiger partial charge is 0.161 e. The average molecular weight is 369 g/mol. The minimum atomic E-state index is -0.0164. The molecule has 0 unspecified atom stereocenters. The van der Waals surface area contributed by atoms with Gasteiger partial charge in [-0.25, -0.2) is 4.98 Å². The lowest BCUT2D eigenvalue weighted by atomic mass is 10.1. The molecule has 0 fully saturated rings. The van der Waals surface area contributed by atoms with E-state index < -0.39 is 0 Å². The predicted octanol–water partition coefficient (Wildman–Crippen LogP) is 4.61. The maximum absolute atomic E-state index is 11.5. The van der Waals surface area contributed by atoms with Gasteiger partial charge < -0.3 is 14.2 Å². The summed E-state index contributed by atoms with van der Waals surface area (Å²) in [5.74, 6) is 1.89. The number of thiazole rings is 1. The Morgan fingerprint density at radius 1 is 1.08 bits per heavy atom. The van der Waals surface area contributed by atoms with Crippen LogP contribution in [0.15, 0.2) is 47.8 Å². The number of benzene rings is 2. The largest absolute Gasteiger partial charge is 0.497 e. The van der Waals surface area contributed by atoms with Gasteiger partial charge in [0.25, 0.3) is 0 Å². The standard InChI is InChI=1S/C20H19NO4S/c1-13(22)14-7-8-18(19(10-14)24-3)25-11-16-12-26-20(21-16)15-5-4-6-17(9-15)23-2/h4-10,12H,11H2,1-3H3. The first-order chi connectivity index (χ1) is 12.6. The summed E-state index contributed by atoms with van der Waals surface area (Å²) in [4.78, 5) is 16.1. The molecule has 5 nitrogen and oxygen atoms in total. The molecule has 3 rings (SSSR count). The Labute approximate surface area is 156 Å². The molecule has 0 atom stereocenters. The van der Waals surface area contributed by atoms with Gasteiger partial charge in [0.15, 0.2) is 17.3 Å². The number of carbonyl (C=O) groups excluding carboxylic acids is 1. The fraction of sp³-hybridized carbons (Fsp3) is 0.200. The van der Waals surface area contributed by atoms with E-state index in [4.69, 9.17) is 14.2 Å². The van der Waals surface area contributed by atoms with E-state index in [-0.39, 0.29) is 5.78 Å². The van der Waals surface area contributed by atoms with E-state index in [0.29, 0.717) is 23.7 Å². The van der Waals surface area contributed by atoms with Crippen LogP contribution in [0.1, 0.15) is 23.0 Å². The van der Waals surface area contributed by atoms with Gasteiger partial charge in [0.1, 0.15) is 17.4 Å². The topological polar surface area (TPSA) is 57.7 Å². The third-order valence-corrected chi connectivity index (χ3v) is 4.75. The predicted molar refractivity (Wildman–Crippen MR) is 101 cm³/mol. The Morgan fingerprint density at radius 2 is 1.92 bits per heavy atom. The molecule has 0 bridgehead atoms. The summed E-state index contributed by atoms with van der Waals surface area (Å²) >= 11 is 1.55.